The Balaban J connectivity index is 2.11. The summed E-state index contributed by atoms with van der Waals surface area (Å²) < 4.78 is 1.85. The Morgan fingerprint density at radius 1 is 1.16 bits per heavy atom. The van der Waals surface area contributed by atoms with Gasteiger partial charge in [-0.2, -0.15) is 5.10 Å². The van der Waals surface area contributed by atoms with Gasteiger partial charge in [0.15, 0.2) is 0 Å². The zero-order chi connectivity index (χ0) is 13.6. The van der Waals surface area contributed by atoms with Crippen molar-refractivity contribution in [2.24, 2.45) is 0 Å². The van der Waals surface area contributed by atoms with Crippen molar-refractivity contribution >= 4 is 12.6 Å². The lowest BCUT2D eigenvalue weighted by atomic mass is 9.79. The van der Waals surface area contributed by atoms with E-state index in [9.17, 15) is 10.0 Å². The molecule has 1 heterocycles. The van der Waals surface area contributed by atoms with Crippen molar-refractivity contribution in [3.8, 4) is 5.69 Å². The minimum atomic E-state index is -1.44. The number of aryl methyl sites for hydroxylation is 2. The van der Waals surface area contributed by atoms with E-state index in [1.807, 2.05) is 30.7 Å². The molecule has 1 aromatic heterocycles. The third-order valence-corrected chi connectivity index (χ3v) is 3.56. The van der Waals surface area contributed by atoms with Crippen molar-refractivity contribution in [3.63, 3.8) is 0 Å². The summed E-state index contributed by atoms with van der Waals surface area (Å²) in [4.78, 5) is 0. The zero-order valence-corrected chi connectivity index (χ0v) is 11.2. The molecular formula is C14H17BN2O2. The first-order chi connectivity index (χ1) is 9.04. The molecule has 0 atom stereocenters. The number of nitrogens with zero attached hydrogens (tertiary/aromatic N) is 2. The van der Waals surface area contributed by atoms with E-state index < -0.39 is 7.12 Å². The predicted octanol–water partition coefficient (Wildman–Crippen LogP) is 1.05. The van der Waals surface area contributed by atoms with Crippen LogP contribution in [0, 0.1) is 13.8 Å². The van der Waals surface area contributed by atoms with Gasteiger partial charge < -0.3 is 10.0 Å². The Morgan fingerprint density at radius 2 is 1.89 bits per heavy atom. The fraction of sp³-hybridized carbons (Fsp3) is 0.357. The molecular weight excluding hydrogens is 239 g/mol. The lowest BCUT2D eigenvalue weighted by Crippen LogP contribution is -2.30. The molecule has 0 saturated heterocycles. The SMILES string of the molecule is Cc1cc(C)n(-c2cc(B(O)O)cc(C3CC3)c2)n1. The van der Waals surface area contributed by atoms with Gasteiger partial charge in [0.05, 0.1) is 11.4 Å². The van der Waals surface area contributed by atoms with Crippen LogP contribution in [0.4, 0.5) is 0 Å². The molecule has 2 N–H and O–H groups in total. The summed E-state index contributed by atoms with van der Waals surface area (Å²) in [6.07, 6.45) is 2.36. The lowest BCUT2D eigenvalue weighted by molar-refractivity contribution is 0.425. The van der Waals surface area contributed by atoms with Gasteiger partial charge in [-0.1, -0.05) is 6.07 Å². The van der Waals surface area contributed by atoms with Crippen LogP contribution < -0.4 is 5.46 Å². The average Bonchev–Trinajstić information content (AvgIpc) is 3.14. The van der Waals surface area contributed by atoms with Crippen LogP contribution in [0.5, 0.6) is 0 Å². The molecule has 2 aromatic rings. The second-order valence-electron chi connectivity index (χ2n) is 5.34. The Labute approximate surface area is 112 Å². The highest BCUT2D eigenvalue weighted by Crippen LogP contribution is 2.40. The Kier molecular flexibility index (Phi) is 2.95. The van der Waals surface area contributed by atoms with E-state index in [0.717, 1.165) is 17.1 Å². The van der Waals surface area contributed by atoms with Crippen molar-refractivity contribution in [1.29, 1.82) is 0 Å². The first-order valence-corrected chi connectivity index (χ1v) is 6.59. The fourth-order valence-electron chi connectivity index (χ4n) is 2.47. The van der Waals surface area contributed by atoms with Crippen molar-refractivity contribution in [3.05, 3.63) is 41.2 Å². The molecule has 4 nitrogen and oxygen atoms in total. The van der Waals surface area contributed by atoms with Crippen LogP contribution in [0.2, 0.25) is 0 Å². The first kappa shape index (κ1) is 12.4. The summed E-state index contributed by atoms with van der Waals surface area (Å²) in [7, 11) is -1.44. The van der Waals surface area contributed by atoms with Crippen molar-refractivity contribution in [2.75, 3.05) is 0 Å². The molecule has 1 aliphatic rings. The minimum absolute atomic E-state index is 0.534. The highest BCUT2D eigenvalue weighted by Gasteiger charge is 2.26. The van der Waals surface area contributed by atoms with Gasteiger partial charge in [-0.15, -0.1) is 0 Å². The van der Waals surface area contributed by atoms with E-state index in [2.05, 4.69) is 11.2 Å². The largest absolute Gasteiger partial charge is 0.488 e. The van der Waals surface area contributed by atoms with Crippen molar-refractivity contribution in [2.45, 2.75) is 32.6 Å². The zero-order valence-electron chi connectivity index (χ0n) is 11.2. The molecule has 1 aromatic carbocycles. The van der Waals surface area contributed by atoms with Gasteiger partial charge in [0.2, 0.25) is 0 Å². The van der Waals surface area contributed by atoms with Crippen molar-refractivity contribution in [1.82, 2.24) is 9.78 Å². The van der Waals surface area contributed by atoms with Crippen LogP contribution in [0.3, 0.4) is 0 Å². The van der Waals surface area contributed by atoms with Gasteiger partial charge in [-0.3, -0.25) is 0 Å². The van der Waals surface area contributed by atoms with E-state index in [1.165, 1.54) is 18.4 Å². The van der Waals surface area contributed by atoms with Crippen molar-refractivity contribution < 1.29 is 10.0 Å². The van der Waals surface area contributed by atoms with Crippen LogP contribution in [-0.4, -0.2) is 26.9 Å². The molecule has 0 amide bonds. The highest BCUT2D eigenvalue weighted by molar-refractivity contribution is 6.58. The van der Waals surface area contributed by atoms with E-state index >= 15 is 0 Å². The minimum Gasteiger partial charge on any atom is -0.423 e. The second-order valence-corrected chi connectivity index (χ2v) is 5.34. The average molecular weight is 256 g/mol. The van der Waals surface area contributed by atoms with Gasteiger partial charge >= 0.3 is 7.12 Å². The Bertz CT molecular complexity index is 598. The molecule has 0 radical (unpaired) electrons. The van der Waals surface area contributed by atoms with Gasteiger partial charge in [0.1, 0.15) is 0 Å². The molecule has 1 saturated carbocycles. The van der Waals surface area contributed by atoms with Gasteiger partial charge in [0.25, 0.3) is 0 Å². The van der Waals surface area contributed by atoms with Crippen LogP contribution in [-0.2, 0) is 0 Å². The van der Waals surface area contributed by atoms with Gasteiger partial charge in [-0.25, -0.2) is 4.68 Å². The maximum Gasteiger partial charge on any atom is 0.488 e. The molecule has 0 spiro atoms. The summed E-state index contributed by atoms with van der Waals surface area (Å²) in [5, 5.41) is 23.3. The maximum absolute atomic E-state index is 9.42. The smallest absolute Gasteiger partial charge is 0.423 e. The van der Waals surface area contributed by atoms with Crippen LogP contribution >= 0.6 is 0 Å². The second kappa shape index (κ2) is 4.51. The lowest BCUT2D eigenvalue weighted by Gasteiger charge is -2.10. The van der Waals surface area contributed by atoms with Crippen LogP contribution in [0.15, 0.2) is 24.3 Å². The molecule has 3 rings (SSSR count). The number of aromatic nitrogens is 2. The standard InChI is InChI=1S/C14H17BN2O2/c1-9-5-10(2)17(16-9)14-7-12(11-3-4-11)6-13(8-14)15(18)19/h5-8,11,18-19H,3-4H2,1-2H3. The fourth-order valence-corrected chi connectivity index (χ4v) is 2.47. The molecule has 5 heteroatoms. The van der Waals surface area contributed by atoms with E-state index in [1.54, 1.807) is 6.07 Å². The summed E-state index contributed by atoms with van der Waals surface area (Å²) >= 11 is 0. The van der Waals surface area contributed by atoms with Crippen LogP contribution in [0.25, 0.3) is 5.69 Å². The summed E-state index contributed by atoms with van der Waals surface area (Å²) in [5.74, 6) is 0.564. The molecule has 0 unspecified atom stereocenters. The molecule has 1 aliphatic carbocycles. The highest BCUT2D eigenvalue weighted by atomic mass is 16.4. The molecule has 98 valence electrons. The quantitative estimate of drug-likeness (QED) is 0.807. The van der Waals surface area contributed by atoms with Gasteiger partial charge in [-0.05, 0) is 61.8 Å². The summed E-state index contributed by atoms with van der Waals surface area (Å²) in [6.45, 7) is 3.95. The van der Waals surface area contributed by atoms with E-state index in [4.69, 9.17) is 0 Å². The molecule has 1 fully saturated rings. The number of hydrogen-bond donors (Lipinski definition) is 2. The summed E-state index contributed by atoms with van der Waals surface area (Å²) in [5.41, 5.74) is 4.61. The monoisotopic (exact) mass is 256 g/mol. The predicted molar refractivity (Wildman–Crippen MR) is 74.8 cm³/mol. The van der Waals surface area contributed by atoms with E-state index in [0.29, 0.717) is 11.4 Å². The number of rotatable bonds is 3. The van der Waals surface area contributed by atoms with Crippen LogP contribution in [0.1, 0.15) is 35.7 Å². The Morgan fingerprint density at radius 3 is 2.42 bits per heavy atom. The first-order valence-electron chi connectivity index (χ1n) is 6.59. The number of benzene rings is 1. The van der Waals surface area contributed by atoms with E-state index in [-0.39, 0.29) is 0 Å². The third-order valence-electron chi connectivity index (χ3n) is 3.56. The van der Waals surface area contributed by atoms with Gasteiger partial charge in [0, 0.05) is 5.69 Å². The molecule has 0 aliphatic heterocycles. The topological polar surface area (TPSA) is 58.3 Å². The number of hydrogen-bond acceptors (Lipinski definition) is 3. The maximum atomic E-state index is 9.42. The summed E-state index contributed by atoms with van der Waals surface area (Å²) in [6, 6.07) is 7.79. The third kappa shape index (κ3) is 2.44. The molecule has 19 heavy (non-hydrogen) atoms. The molecule has 0 bridgehead atoms. The Hall–Kier alpha value is -1.59. The normalized spacial score (nSPS) is 14.7.